The molecule has 2 aromatic heterocycles. The third kappa shape index (κ3) is 3.77. The van der Waals surface area contributed by atoms with Gasteiger partial charge >= 0.3 is 0 Å². The van der Waals surface area contributed by atoms with Crippen LogP contribution in [0.1, 0.15) is 56.1 Å². The van der Waals surface area contributed by atoms with Crippen molar-refractivity contribution in [3.63, 3.8) is 0 Å². The Morgan fingerprint density at radius 2 is 1.88 bits per heavy atom. The number of amides is 1. The standard InChI is InChI=1S/C21H26N4O/c1-14(2)10-11-22-21(26)17-13-23-19-12-18(16-8-6-5-7-9-16)24-25(19)20(17)15(3)4/h5-9,12-15H,10-11H2,1-4H3,(H,22,26). The van der Waals surface area contributed by atoms with Gasteiger partial charge in [0.05, 0.1) is 17.0 Å². The first-order valence-electron chi connectivity index (χ1n) is 9.19. The lowest BCUT2D eigenvalue weighted by Crippen LogP contribution is -2.27. The Hall–Kier alpha value is -2.69. The molecule has 5 nitrogen and oxygen atoms in total. The lowest BCUT2D eigenvalue weighted by atomic mass is 10.0. The van der Waals surface area contributed by atoms with Crippen LogP contribution in [0.2, 0.25) is 0 Å². The van der Waals surface area contributed by atoms with Crippen molar-refractivity contribution < 1.29 is 4.79 Å². The largest absolute Gasteiger partial charge is 0.352 e. The van der Waals surface area contributed by atoms with Gasteiger partial charge in [-0.1, -0.05) is 58.0 Å². The van der Waals surface area contributed by atoms with E-state index in [1.807, 2.05) is 40.9 Å². The van der Waals surface area contributed by atoms with E-state index < -0.39 is 0 Å². The normalized spacial score (nSPS) is 11.5. The van der Waals surface area contributed by atoms with Gasteiger partial charge in [-0.15, -0.1) is 0 Å². The predicted molar refractivity (Wildman–Crippen MR) is 104 cm³/mol. The number of rotatable bonds is 6. The predicted octanol–water partition coefficient (Wildman–Crippen LogP) is 4.30. The number of fused-ring (bicyclic) bond motifs is 1. The molecule has 1 aromatic carbocycles. The summed E-state index contributed by atoms with van der Waals surface area (Å²) in [4.78, 5) is 17.2. The van der Waals surface area contributed by atoms with E-state index in [4.69, 9.17) is 5.10 Å². The summed E-state index contributed by atoms with van der Waals surface area (Å²) >= 11 is 0. The molecule has 0 spiro atoms. The van der Waals surface area contributed by atoms with Crippen LogP contribution in [-0.4, -0.2) is 27.0 Å². The highest BCUT2D eigenvalue weighted by Crippen LogP contribution is 2.24. The first kappa shape index (κ1) is 18.1. The fourth-order valence-corrected chi connectivity index (χ4v) is 3.00. The molecule has 1 N–H and O–H groups in total. The minimum Gasteiger partial charge on any atom is -0.352 e. The van der Waals surface area contributed by atoms with Crippen molar-refractivity contribution in [3.05, 3.63) is 53.9 Å². The Kier molecular flexibility index (Phi) is 5.35. The van der Waals surface area contributed by atoms with E-state index in [9.17, 15) is 4.79 Å². The molecule has 0 aliphatic rings. The number of nitrogens with zero attached hydrogens (tertiary/aromatic N) is 3. The van der Waals surface area contributed by atoms with Gasteiger partial charge in [0.25, 0.3) is 5.91 Å². The molecule has 3 rings (SSSR count). The fraction of sp³-hybridized carbons (Fsp3) is 0.381. The van der Waals surface area contributed by atoms with Crippen molar-refractivity contribution in [2.75, 3.05) is 6.54 Å². The van der Waals surface area contributed by atoms with Gasteiger partial charge in [-0.2, -0.15) is 5.10 Å². The topological polar surface area (TPSA) is 59.3 Å². The van der Waals surface area contributed by atoms with Crippen LogP contribution in [0, 0.1) is 5.92 Å². The highest BCUT2D eigenvalue weighted by atomic mass is 16.1. The zero-order valence-electron chi connectivity index (χ0n) is 15.9. The molecule has 1 amide bonds. The van der Waals surface area contributed by atoms with Crippen molar-refractivity contribution in [1.82, 2.24) is 19.9 Å². The third-order valence-corrected chi connectivity index (χ3v) is 4.39. The highest BCUT2D eigenvalue weighted by Gasteiger charge is 2.20. The summed E-state index contributed by atoms with van der Waals surface area (Å²) in [6.07, 6.45) is 2.63. The van der Waals surface area contributed by atoms with E-state index in [1.165, 1.54) is 0 Å². The SMILES string of the molecule is CC(C)CCNC(=O)c1cnc2cc(-c3ccccc3)nn2c1C(C)C. The van der Waals surface area contributed by atoms with Gasteiger partial charge in [-0.3, -0.25) is 4.79 Å². The fourth-order valence-electron chi connectivity index (χ4n) is 3.00. The second-order valence-corrected chi connectivity index (χ2v) is 7.32. The van der Waals surface area contributed by atoms with Crippen molar-refractivity contribution in [2.45, 2.75) is 40.0 Å². The molecule has 0 saturated heterocycles. The summed E-state index contributed by atoms with van der Waals surface area (Å²) in [6.45, 7) is 9.11. The molecule has 136 valence electrons. The molecule has 0 saturated carbocycles. The van der Waals surface area contributed by atoms with Gasteiger partial charge in [0, 0.05) is 24.4 Å². The molecule has 0 aliphatic heterocycles. The van der Waals surface area contributed by atoms with Crippen LogP contribution in [0.15, 0.2) is 42.6 Å². The average molecular weight is 350 g/mol. The van der Waals surface area contributed by atoms with Crippen LogP contribution >= 0.6 is 0 Å². The summed E-state index contributed by atoms with van der Waals surface area (Å²) in [7, 11) is 0. The molecule has 3 aromatic rings. The number of aromatic nitrogens is 3. The number of carbonyl (C=O) groups excluding carboxylic acids is 1. The maximum absolute atomic E-state index is 12.7. The smallest absolute Gasteiger partial charge is 0.254 e. The number of hydrogen-bond acceptors (Lipinski definition) is 3. The van der Waals surface area contributed by atoms with Crippen LogP contribution in [0.25, 0.3) is 16.9 Å². The van der Waals surface area contributed by atoms with Crippen molar-refractivity contribution in [2.24, 2.45) is 5.92 Å². The third-order valence-electron chi connectivity index (χ3n) is 4.39. The van der Waals surface area contributed by atoms with Crippen LogP contribution in [0.5, 0.6) is 0 Å². The van der Waals surface area contributed by atoms with E-state index in [0.717, 1.165) is 29.0 Å². The van der Waals surface area contributed by atoms with Gasteiger partial charge < -0.3 is 5.32 Å². The first-order chi connectivity index (χ1) is 12.5. The molecule has 26 heavy (non-hydrogen) atoms. The van der Waals surface area contributed by atoms with Crippen molar-refractivity contribution in [3.8, 4) is 11.3 Å². The lowest BCUT2D eigenvalue weighted by Gasteiger charge is -2.14. The zero-order chi connectivity index (χ0) is 18.7. The summed E-state index contributed by atoms with van der Waals surface area (Å²) in [5, 5.41) is 7.74. The number of benzene rings is 1. The molecule has 0 atom stereocenters. The van der Waals surface area contributed by atoms with Gasteiger partial charge in [-0.25, -0.2) is 9.50 Å². The molecular formula is C21H26N4O. The molecule has 0 bridgehead atoms. The van der Waals surface area contributed by atoms with Gasteiger partial charge in [0.1, 0.15) is 0 Å². The quantitative estimate of drug-likeness (QED) is 0.721. The molecule has 0 unspecified atom stereocenters. The number of carbonyl (C=O) groups is 1. The lowest BCUT2D eigenvalue weighted by molar-refractivity contribution is 0.0949. The first-order valence-corrected chi connectivity index (χ1v) is 9.19. The Labute approximate surface area is 154 Å². The van der Waals surface area contributed by atoms with E-state index in [2.05, 4.69) is 38.0 Å². The monoisotopic (exact) mass is 350 g/mol. The van der Waals surface area contributed by atoms with Gasteiger partial charge in [0.15, 0.2) is 5.65 Å². The van der Waals surface area contributed by atoms with E-state index in [0.29, 0.717) is 18.0 Å². The van der Waals surface area contributed by atoms with E-state index >= 15 is 0 Å². The van der Waals surface area contributed by atoms with Gasteiger partial charge in [0.2, 0.25) is 0 Å². The Balaban J connectivity index is 2.00. The van der Waals surface area contributed by atoms with Crippen LogP contribution in [-0.2, 0) is 0 Å². The molecule has 2 heterocycles. The summed E-state index contributed by atoms with van der Waals surface area (Å²) < 4.78 is 1.81. The maximum atomic E-state index is 12.7. The molecule has 0 fully saturated rings. The highest BCUT2D eigenvalue weighted by molar-refractivity contribution is 5.95. The van der Waals surface area contributed by atoms with Crippen molar-refractivity contribution >= 4 is 11.6 Å². The average Bonchev–Trinajstić information content (AvgIpc) is 3.05. The minimum atomic E-state index is -0.0829. The maximum Gasteiger partial charge on any atom is 0.254 e. The summed E-state index contributed by atoms with van der Waals surface area (Å²) in [6, 6.07) is 12.0. The van der Waals surface area contributed by atoms with Crippen molar-refractivity contribution in [1.29, 1.82) is 0 Å². The number of nitrogens with one attached hydrogen (secondary N) is 1. The second kappa shape index (κ2) is 7.68. The van der Waals surface area contributed by atoms with E-state index in [-0.39, 0.29) is 11.8 Å². The zero-order valence-corrected chi connectivity index (χ0v) is 15.9. The summed E-state index contributed by atoms with van der Waals surface area (Å²) in [5.74, 6) is 0.621. The molecule has 5 heteroatoms. The molecule has 0 radical (unpaired) electrons. The van der Waals surface area contributed by atoms with Crippen LogP contribution in [0.4, 0.5) is 0 Å². The minimum absolute atomic E-state index is 0.0829. The Morgan fingerprint density at radius 3 is 2.54 bits per heavy atom. The van der Waals surface area contributed by atoms with Crippen LogP contribution < -0.4 is 5.32 Å². The summed E-state index contributed by atoms with van der Waals surface area (Å²) in [5.41, 5.74) is 4.14. The number of hydrogen-bond donors (Lipinski definition) is 1. The van der Waals surface area contributed by atoms with E-state index in [1.54, 1.807) is 6.20 Å². The Bertz CT molecular complexity index is 897. The van der Waals surface area contributed by atoms with Gasteiger partial charge in [-0.05, 0) is 18.3 Å². The molecule has 0 aliphatic carbocycles. The Morgan fingerprint density at radius 1 is 1.15 bits per heavy atom. The van der Waals surface area contributed by atoms with Crippen LogP contribution in [0.3, 0.4) is 0 Å². The second-order valence-electron chi connectivity index (χ2n) is 7.32. The molecular weight excluding hydrogens is 324 g/mol.